The number of rotatable bonds is 5. The number of carbonyl (C=O) groups is 1. The zero-order valence-electron chi connectivity index (χ0n) is 19.3. The SMILES string of the molecule is O=C(C1CCCN1c1nc2c(c(Nc3cc(C4CCC(F)(F)C4)[nH]n3)n1)CCC2)N1CCCC1. The van der Waals surface area contributed by atoms with Crippen LogP contribution in [0.25, 0.3) is 0 Å². The van der Waals surface area contributed by atoms with E-state index in [0.29, 0.717) is 24.0 Å². The van der Waals surface area contributed by atoms with Gasteiger partial charge >= 0.3 is 0 Å². The number of hydrogen-bond donors (Lipinski definition) is 2. The first-order chi connectivity index (χ1) is 16.5. The Morgan fingerprint density at radius 3 is 2.74 bits per heavy atom. The average molecular weight is 472 g/mol. The van der Waals surface area contributed by atoms with Crippen molar-refractivity contribution in [1.82, 2.24) is 25.1 Å². The molecule has 2 aliphatic carbocycles. The first-order valence-electron chi connectivity index (χ1n) is 12.6. The summed E-state index contributed by atoms with van der Waals surface area (Å²) in [6.07, 6.45) is 6.97. The second-order valence-corrected chi connectivity index (χ2v) is 10.2. The van der Waals surface area contributed by atoms with Gasteiger partial charge in [0, 0.05) is 55.7 Å². The Bertz CT molecular complexity index is 1080. The van der Waals surface area contributed by atoms with Crippen molar-refractivity contribution in [3.8, 4) is 0 Å². The van der Waals surface area contributed by atoms with Gasteiger partial charge in [-0.05, 0) is 51.4 Å². The van der Waals surface area contributed by atoms with Crippen LogP contribution in [0.5, 0.6) is 0 Å². The van der Waals surface area contributed by atoms with Gasteiger partial charge in [0.25, 0.3) is 0 Å². The molecule has 2 saturated heterocycles. The van der Waals surface area contributed by atoms with Gasteiger partial charge in [-0.25, -0.2) is 13.8 Å². The van der Waals surface area contributed by atoms with Gasteiger partial charge in [0.2, 0.25) is 17.8 Å². The number of fused-ring (bicyclic) bond motifs is 1. The highest BCUT2D eigenvalue weighted by Gasteiger charge is 2.41. The lowest BCUT2D eigenvalue weighted by Gasteiger charge is -2.28. The minimum atomic E-state index is -2.59. The number of nitrogens with zero attached hydrogens (tertiary/aromatic N) is 5. The van der Waals surface area contributed by atoms with E-state index < -0.39 is 5.92 Å². The van der Waals surface area contributed by atoms with Gasteiger partial charge in [0.15, 0.2) is 5.82 Å². The summed E-state index contributed by atoms with van der Waals surface area (Å²) < 4.78 is 27.3. The number of amides is 1. The number of nitrogens with one attached hydrogen (secondary N) is 2. The molecular weight excluding hydrogens is 440 g/mol. The molecule has 1 saturated carbocycles. The Hall–Kier alpha value is -2.78. The lowest BCUT2D eigenvalue weighted by molar-refractivity contribution is -0.131. The van der Waals surface area contributed by atoms with E-state index in [0.717, 1.165) is 81.5 Å². The van der Waals surface area contributed by atoms with E-state index in [-0.39, 0.29) is 30.7 Å². The maximum absolute atomic E-state index is 13.7. The minimum Gasteiger partial charge on any atom is -0.341 e. The van der Waals surface area contributed by atoms with Gasteiger partial charge in [-0.3, -0.25) is 9.89 Å². The van der Waals surface area contributed by atoms with E-state index in [9.17, 15) is 13.6 Å². The normalized spacial score (nSPS) is 25.8. The Kier molecular flexibility index (Phi) is 5.41. The van der Waals surface area contributed by atoms with Gasteiger partial charge in [0.05, 0.1) is 5.69 Å². The summed E-state index contributed by atoms with van der Waals surface area (Å²) in [6, 6.07) is 1.62. The second kappa shape index (κ2) is 8.46. The third-order valence-electron chi connectivity index (χ3n) is 7.82. The van der Waals surface area contributed by atoms with E-state index in [1.54, 1.807) is 0 Å². The van der Waals surface area contributed by atoms with E-state index in [4.69, 9.17) is 9.97 Å². The summed E-state index contributed by atoms with van der Waals surface area (Å²) in [7, 11) is 0. The molecule has 0 bridgehead atoms. The van der Waals surface area contributed by atoms with E-state index >= 15 is 0 Å². The van der Waals surface area contributed by atoms with E-state index in [1.807, 2.05) is 11.0 Å². The Morgan fingerprint density at radius 2 is 1.94 bits per heavy atom. The fourth-order valence-corrected chi connectivity index (χ4v) is 6.01. The Labute approximate surface area is 197 Å². The number of carbonyl (C=O) groups excluding carboxylic acids is 1. The molecule has 2 aromatic heterocycles. The van der Waals surface area contributed by atoms with Crippen LogP contribution in [-0.2, 0) is 17.6 Å². The van der Waals surface area contributed by atoms with Gasteiger partial charge in [-0.15, -0.1) is 0 Å². The molecule has 0 radical (unpaired) electrons. The second-order valence-electron chi connectivity index (χ2n) is 10.2. The molecule has 3 fully saturated rings. The molecule has 2 atom stereocenters. The fourth-order valence-electron chi connectivity index (χ4n) is 6.01. The predicted molar refractivity (Wildman–Crippen MR) is 124 cm³/mol. The summed E-state index contributed by atoms with van der Waals surface area (Å²) in [4.78, 5) is 27.0. The number of likely N-dealkylation sites (tertiary alicyclic amines) is 1. The summed E-state index contributed by atoms with van der Waals surface area (Å²) in [5.74, 6) is -0.707. The highest BCUT2D eigenvalue weighted by atomic mass is 19.3. The third-order valence-corrected chi connectivity index (χ3v) is 7.82. The molecule has 2 aromatic rings. The number of hydrogen-bond acceptors (Lipinski definition) is 6. The quantitative estimate of drug-likeness (QED) is 0.687. The topological polar surface area (TPSA) is 90.0 Å². The molecule has 4 aliphatic rings. The van der Waals surface area contributed by atoms with Crippen LogP contribution in [0.3, 0.4) is 0 Å². The summed E-state index contributed by atoms with van der Waals surface area (Å²) >= 11 is 0. The number of aryl methyl sites for hydroxylation is 1. The Morgan fingerprint density at radius 1 is 1.09 bits per heavy atom. The molecule has 34 heavy (non-hydrogen) atoms. The van der Waals surface area contributed by atoms with Gasteiger partial charge < -0.3 is 15.1 Å². The molecule has 2 N–H and O–H groups in total. The largest absolute Gasteiger partial charge is 0.341 e. The van der Waals surface area contributed by atoms with Crippen LogP contribution >= 0.6 is 0 Å². The maximum atomic E-state index is 13.7. The molecule has 2 unspecified atom stereocenters. The third kappa shape index (κ3) is 4.01. The standard InChI is InChI=1S/C24H31F2N7O/c25-24(26)9-8-15(14-24)18-13-20(31-30-18)28-21-16-5-3-6-17(16)27-23(29-21)33-12-4-7-19(33)22(34)32-10-1-2-11-32/h13,15,19H,1-12,14H2,(H2,27,28,29,30,31). The zero-order chi connectivity index (χ0) is 23.3. The highest BCUT2D eigenvalue weighted by Crippen LogP contribution is 2.44. The lowest BCUT2D eigenvalue weighted by Crippen LogP contribution is -2.45. The van der Waals surface area contributed by atoms with Crippen molar-refractivity contribution in [1.29, 1.82) is 0 Å². The maximum Gasteiger partial charge on any atom is 0.248 e. The molecular formula is C24H31F2N7O. The van der Waals surface area contributed by atoms with Crippen molar-refractivity contribution >= 4 is 23.5 Å². The summed E-state index contributed by atoms with van der Waals surface area (Å²) in [5.41, 5.74) is 2.85. The van der Waals surface area contributed by atoms with Crippen LogP contribution in [0.4, 0.5) is 26.4 Å². The van der Waals surface area contributed by atoms with Crippen LogP contribution in [0, 0.1) is 0 Å². The molecule has 0 spiro atoms. The molecule has 10 heteroatoms. The monoisotopic (exact) mass is 471 g/mol. The van der Waals surface area contributed by atoms with Crippen molar-refractivity contribution in [2.45, 2.75) is 82.1 Å². The predicted octanol–water partition coefficient (Wildman–Crippen LogP) is 3.93. The number of aromatic amines is 1. The number of halogens is 2. The zero-order valence-corrected chi connectivity index (χ0v) is 19.3. The van der Waals surface area contributed by atoms with Crippen molar-refractivity contribution < 1.29 is 13.6 Å². The van der Waals surface area contributed by atoms with Crippen LogP contribution in [0.2, 0.25) is 0 Å². The fraction of sp³-hybridized carbons (Fsp3) is 0.667. The van der Waals surface area contributed by atoms with E-state index in [1.165, 1.54) is 0 Å². The minimum absolute atomic E-state index is 0.0740. The van der Waals surface area contributed by atoms with Crippen LogP contribution < -0.4 is 10.2 Å². The van der Waals surface area contributed by atoms with Gasteiger partial charge in [-0.1, -0.05) is 0 Å². The molecule has 8 nitrogen and oxygen atoms in total. The van der Waals surface area contributed by atoms with Crippen molar-refractivity contribution in [3.63, 3.8) is 0 Å². The van der Waals surface area contributed by atoms with Crippen LogP contribution in [-0.4, -0.2) is 62.6 Å². The molecule has 4 heterocycles. The number of aromatic nitrogens is 4. The summed E-state index contributed by atoms with van der Waals surface area (Å²) in [5, 5.41) is 10.6. The molecule has 6 rings (SSSR count). The molecule has 1 amide bonds. The number of alkyl halides is 2. The average Bonchev–Trinajstić information content (AvgIpc) is 3.63. The first kappa shape index (κ1) is 21.7. The first-order valence-corrected chi connectivity index (χ1v) is 12.6. The molecule has 182 valence electrons. The molecule has 2 aliphatic heterocycles. The molecule has 0 aromatic carbocycles. The van der Waals surface area contributed by atoms with Crippen molar-refractivity contribution in [2.75, 3.05) is 29.9 Å². The van der Waals surface area contributed by atoms with Gasteiger partial charge in [0.1, 0.15) is 11.9 Å². The highest BCUT2D eigenvalue weighted by molar-refractivity contribution is 5.85. The van der Waals surface area contributed by atoms with Crippen LogP contribution in [0.15, 0.2) is 6.07 Å². The smallest absolute Gasteiger partial charge is 0.248 e. The van der Waals surface area contributed by atoms with Crippen LogP contribution in [0.1, 0.15) is 74.2 Å². The Balaban J connectivity index is 1.25. The van der Waals surface area contributed by atoms with Crippen molar-refractivity contribution in [3.05, 3.63) is 23.0 Å². The summed E-state index contributed by atoms with van der Waals surface area (Å²) in [6.45, 7) is 2.45. The van der Waals surface area contributed by atoms with Crippen molar-refractivity contribution in [2.24, 2.45) is 0 Å². The van der Waals surface area contributed by atoms with Gasteiger partial charge in [-0.2, -0.15) is 10.1 Å². The number of anilines is 3. The number of H-pyrrole nitrogens is 1. The van der Waals surface area contributed by atoms with E-state index in [2.05, 4.69) is 20.4 Å². The lowest BCUT2D eigenvalue weighted by atomic mass is 10.0.